The van der Waals surface area contributed by atoms with Crippen molar-refractivity contribution < 1.29 is 4.79 Å². The van der Waals surface area contributed by atoms with E-state index in [4.69, 9.17) is 11.6 Å². The van der Waals surface area contributed by atoms with Gasteiger partial charge in [0.15, 0.2) is 5.78 Å². The Morgan fingerprint density at radius 2 is 1.50 bits per heavy atom. The maximum Gasteiger partial charge on any atom is 0.166 e. The number of carbonyl (C=O) groups is 1. The molecule has 0 aliphatic heterocycles. The van der Waals surface area contributed by atoms with E-state index in [9.17, 15) is 4.79 Å². The van der Waals surface area contributed by atoms with Gasteiger partial charge in [0.05, 0.1) is 0 Å². The van der Waals surface area contributed by atoms with Crippen molar-refractivity contribution >= 4 is 17.4 Å². The molecule has 138 valence electrons. The molecule has 0 N–H and O–H groups in total. The molecule has 0 saturated heterocycles. The molecule has 1 atom stereocenters. The van der Waals surface area contributed by atoms with E-state index in [1.54, 1.807) is 0 Å². The van der Waals surface area contributed by atoms with Crippen LogP contribution in [-0.4, -0.2) is 5.78 Å². The molecule has 2 heteroatoms. The van der Waals surface area contributed by atoms with E-state index in [0.29, 0.717) is 17.6 Å². The van der Waals surface area contributed by atoms with Crippen LogP contribution in [0.1, 0.15) is 73.4 Å². The molecular formula is C24H29ClO. The second-order valence-corrected chi connectivity index (χ2v) is 7.77. The lowest BCUT2D eigenvalue weighted by Crippen LogP contribution is -2.31. The fourth-order valence-corrected chi connectivity index (χ4v) is 4.79. The number of aryl methyl sites for hydroxylation is 1. The predicted octanol–water partition coefficient (Wildman–Crippen LogP) is 7.09. The highest BCUT2D eigenvalue weighted by atomic mass is 35.5. The van der Waals surface area contributed by atoms with Crippen LogP contribution < -0.4 is 0 Å². The summed E-state index contributed by atoms with van der Waals surface area (Å²) in [5.41, 5.74) is 3.63. The zero-order valence-corrected chi connectivity index (χ0v) is 16.6. The van der Waals surface area contributed by atoms with Gasteiger partial charge in [0.2, 0.25) is 0 Å². The Morgan fingerprint density at radius 1 is 0.846 bits per heavy atom. The third kappa shape index (κ3) is 4.04. The Hall–Kier alpha value is -1.60. The Bertz CT molecular complexity index is 726. The van der Waals surface area contributed by atoms with E-state index in [2.05, 4.69) is 18.2 Å². The number of Topliss-reactive ketones (excluding diaryl/α,β-unsaturated/α-hetero) is 1. The van der Waals surface area contributed by atoms with Gasteiger partial charge in [0, 0.05) is 16.5 Å². The fourth-order valence-electron chi connectivity index (χ4n) is 4.66. The van der Waals surface area contributed by atoms with Crippen LogP contribution in [0.5, 0.6) is 0 Å². The summed E-state index contributed by atoms with van der Waals surface area (Å²) < 4.78 is 0. The lowest BCUT2D eigenvalue weighted by Gasteiger charge is -2.35. The molecule has 2 aliphatic carbocycles. The van der Waals surface area contributed by atoms with Gasteiger partial charge in [0.25, 0.3) is 0 Å². The zero-order valence-electron chi connectivity index (χ0n) is 15.9. The van der Waals surface area contributed by atoms with Crippen molar-refractivity contribution in [1.82, 2.24) is 0 Å². The molecule has 2 aliphatic rings. The monoisotopic (exact) mass is 368 g/mol. The molecule has 0 bridgehead atoms. The molecule has 2 aromatic rings. The van der Waals surface area contributed by atoms with Crippen LogP contribution in [0.3, 0.4) is 0 Å². The van der Waals surface area contributed by atoms with E-state index < -0.39 is 0 Å². The first-order valence-corrected chi connectivity index (χ1v) is 10.5. The third-order valence-corrected chi connectivity index (χ3v) is 6.28. The maximum absolute atomic E-state index is 12.9. The molecule has 1 unspecified atom stereocenters. The lowest BCUT2D eigenvalue weighted by molar-refractivity contribution is 0.0813. The molecule has 4 rings (SSSR count). The van der Waals surface area contributed by atoms with Gasteiger partial charge in [-0.2, -0.15) is 0 Å². The minimum Gasteiger partial charge on any atom is -0.294 e. The standard InChI is InChI=1S/C22H23ClO.C2H6/c23-19-12-9-16(10-13-19)15-5-7-18(8-6-15)21-14-11-17-3-1-2-4-20(17)22(21)24;1-2/h1-4,9-10,12-13,15,18,21H,5-8,11,14H2;1-2H3. The molecule has 1 fully saturated rings. The van der Waals surface area contributed by atoms with Crippen LogP contribution in [0.15, 0.2) is 48.5 Å². The van der Waals surface area contributed by atoms with Crippen LogP contribution in [-0.2, 0) is 6.42 Å². The van der Waals surface area contributed by atoms with Crippen LogP contribution in [0, 0.1) is 11.8 Å². The number of hydrogen-bond donors (Lipinski definition) is 0. The first-order valence-electron chi connectivity index (χ1n) is 10.1. The molecule has 26 heavy (non-hydrogen) atoms. The number of fused-ring (bicyclic) bond motifs is 1. The van der Waals surface area contributed by atoms with Crippen molar-refractivity contribution in [1.29, 1.82) is 0 Å². The SMILES string of the molecule is CC.O=C1c2ccccc2CCC1C1CCC(c2ccc(Cl)cc2)CC1. The molecular weight excluding hydrogens is 340 g/mol. The van der Waals surface area contributed by atoms with E-state index in [1.807, 2.05) is 44.2 Å². The highest BCUT2D eigenvalue weighted by Gasteiger charge is 2.35. The Kier molecular flexibility index (Phi) is 6.53. The summed E-state index contributed by atoms with van der Waals surface area (Å²) in [5, 5.41) is 0.805. The van der Waals surface area contributed by atoms with Crippen molar-refractivity contribution in [3.05, 3.63) is 70.2 Å². The third-order valence-electron chi connectivity index (χ3n) is 6.03. The van der Waals surface area contributed by atoms with Gasteiger partial charge in [-0.3, -0.25) is 4.79 Å². The van der Waals surface area contributed by atoms with Crippen molar-refractivity contribution in [3.63, 3.8) is 0 Å². The minimum atomic E-state index is 0.242. The topological polar surface area (TPSA) is 17.1 Å². The smallest absolute Gasteiger partial charge is 0.166 e. The largest absolute Gasteiger partial charge is 0.294 e. The summed E-state index contributed by atoms with van der Waals surface area (Å²) in [6.45, 7) is 4.00. The van der Waals surface area contributed by atoms with Gasteiger partial charge >= 0.3 is 0 Å². The van der Waals surface area contributed by atoms with E-state index in [1.165, 1.54) is 36.8 Å². The number of halogens is 1. The maximum atomic E-state index is 12.9. The second-order valence-electron chi connectivity index (χ2n) is 7.33. The summed E-state index contributed by atoms with van der Waals surface area (Å²) in [4.78, 5) is 12.9. The number of hydrogen-bond acceptors (Lipinski definition) is 1. The highest BCUT2D eigenvalue weighted by Crippen LogP contribution is 2.42. The van der Waals surface area contributed by atoms with Crippen molar-refractivity contribution in [3.8, 4) is 0 Å². The van der Waals surface area contributed by atoms with Crippen LogP contribution >= 0.6 is 11.6 Å². The molecule has 0 amide bonds. The molecule has 1 saturated carbocycles. The summed E-state index contributed by atoms with van der Waals surface area (Å²) in [6.07, 6.45) is 6.82. The quantitative estimate of drug-likeness (QED) is 0.553. The number of benzene rings is 2. The lowest BCUT2D eigenvalue weighted by atomic mass is 9.68. The summed E-state index contributed by atoms with van der Waals surface area (Å²) in [6, 6.07) is 16.5. The first kappa shape index (κ1) is 19.2. The molecule has 0 spiro atoms. The van der Waals surface area contributed by atoms with E-state index >= 15 is 0 Å². The number of carbonyl (C=O) groups excluding carboxylic acids is 1. The first-order chi connectivity index (χ1) is 12.7. The van der Waals surface area contributed by atoms with Crippen molar-refractivity contribution in [2.75, 3.05) is 0 Å². The van der Waals surface area contributed by atoms with E-state index in [0.717, 1.165) is 23.4 Å². The normalized spacial score (nSPS) is 25.0. The van der Waals surface area contributed by atoms with Crippen LogP contribution in [0.4, 0.5) is 0 Å². The number of rotatable bonds is 2. The Labute approximate surface area is 162 Å². The molecule has 0 aromatic heterocycles. The minimum absolute atomic E-state index is 0.242. The van der Waals surface area contributed by atoms with Gasteiger partial charge in [-0.1, -0.05) is 61.8 Å². The summed E-state index contributed by atoms with van der Waals surface area (Å²) in [7, 11) is 0. The Morgan fingerprint density at radius 3 is 2.19 bits per heavy atom. The van der Waals surface area contributed by atoms with Gasteiger partial charge in [-0.15, -0.1) is 0 Å². The van der Waals surface area contributed by atoms with Gasteiger partial charge < -0.3 is 0 Å². The van der Waals surface area contributed by atoms with Gasteiger partial charge in [-0.25, -0.2) is 0 Å². The summed E-state index contributed by atoms with van der Waals surface area (Å²) >= 11 is 6.00. The predicted molar refractivity (Wildman–Crippen MR) is 110 cm³/mol. The molecule has 0 radical (unpaired) electrons. The van der Waals surface area contributed by atoms with E-state index in [-0.39, 0.29) is 5.92 Å². The zero-order chi connectivity index (χ0) is 18.5. The van der Waals surface area contributed by atoms with Crippen molar-refractivity contribution in [2.24, 2.45) is 11.8 Å². The Balaban J connectivity index is 0.000000948. The van der Waals surface area contributed by atoms with Gasteiger partial charge in [0.1, 0.15) is 0 Å². The second kappa shape index (κ2) is 8.86. The van der Waals surface area contributed by atoms with Crippen LogP contribution in [0.2, 0.25) is 5.02 Å². The molecule has 0 heterocycles. The average molecular weight is 369 g/mol. The molecule has 1 nitrogen and oxygen atoms in total. The fraction of sp³-hybridized carbons (Fsp3) is 0.458. The summed E-state index contributed by atoms with van der Waals surface area (Å²) in [5.74, 6) is 1.83. The highest BCUT2D eigenvalue weighted by molar-refractivity contribution is 6.30. The number of ketones is 1. The molecule has 2 aromatic carbocycles. The average Bonchev–Trinajstić information content (AvgIpc) is 2.71. The van der Waals surface area contributed by atoms with Crippen LogP contribution in [0.25, 0.3) is 0 Å². The van der Waals surface area contributed by atoms with Gasteiger partial charge in [-0.05, 0) is 73.6 Å². The van der Waals surface area contributed by atoms with Crippen molar-refractivity contribution in [2.45, 2.75) is 58.3 Å².